The van der Waals surface area contributed by atoms with Gasteiger partial charge in [0.2, 0.25) is 5.95 Å². The van der Waals surface area contributed by atoms with Crippen molar-refractivity contribution >= 4 is 28.7 Å². The molecule has 6 nitrogen and oxygen atoms in total. The molecule has 1 aliphatic rings. The molecule has 0 unspecified atom stereocenters. The van der Waals surface area contributed by atoms with E-state index in [1.165, 1.54) is 0 Å². The summed E-state index contributed by atoms with van der Waals surface area (Å²) in [6.07, 6.45) is 0. The van der Waals surface area contributed by atoms with Crippen LogP contribution in [0.5, 0.6) is 0 Å². The van der Waals surface area contributed by atoms with Gasteiger partial charge in [0.05, 0.1) is 17.6 Å². The van der Waals surface area contributed by atoms with Crippen LogP contribution in [0.4, 0.5) is 5.95 Å². The van der Waals surface area contributed by atoms with Crippen LogP contribution in [0.15, 0.2) is 53.5 Å². The molecule has 0 atom stereocenters. The first-order chi connectivity index (χ1) is 11.3. The number of amides is 1. The fraction of sp³-hybridized carbons (Fsp3) is 0.118. The first-order valence-corrected chi connectivity index (χ1v) is 7.44. The van der Waals surface area contributed by atoms with Crippen LogP contribution in [0.2, 0.25) is 0 Å². The van der Waals surface area contributed by atoms with Crippen LogP contribution < -0.4 is 10.6 Å². The van der Waals surface area contributed by atoms with E-state index in [0.717, 1.165) is 35.5 Å². The van der Waals surface area contributed by atoms with E-state index in [0.29, 0.717) is 11.5 Å². The second kappa shape index (κ2) is 5.57. The van der Waals surface area contributed by atoms with Gasteiger partial charge in [-0.15, -0.1) is 0 Å². The molecule has 0 fully saturated rings. The van der Waals surface area contributed by atoms with Crippen LogP contribution in [-0.2, 0) is 0 Å². The van der Waals surface area contributed by atoms with Crippen molar-refractivity contribution in [2.75, 3.05) is 18.4 Å². The monoisotopic (exact) mass is 305 g/mol. The summed E-state index contributed by atoms with van der Waals surface area (Å²) >= 11 is 0. The molecule has 1 aromatic heterocycles. The molecule has 0 saturated heterocycles. The number of imidazole rings is 1. The van der Waals surface area contributed by atoms with Gasteiger partial charge in [-0.05, 0) is 24.3 Å². The normalized spacial score (nSPS) is 13.7. The summed E-state index contributed by atoms with van der Waals surface area (Å²) < 4.78 is 0. The fourth-order valence-electron chi connectivity index (χ4n) is 2.56. The van der Waals surface area contributed by atoms with Crippen molar-refractivity contribution in [3.8, 4) is 0 Å². The number of fused-ring (bicyclic) bond motifs is 1. The Balaban J connectivity index is 1.52. The van der Waals surface area contributed by atoms with Crippen molar-refractivity contribution in [1.82, 2.24) is 15.3 Å². The maximum absolute atomic E-state index is 12.3. The Bertz CT molecular complexity index is 862. The number of anilines is 1. The minimum atomic E-state index is -0.197. The molecule has 0 spiro atoms. The van der Waals surface area contributed by atoms with Crippen LogP contribution in [-0.4, -0.2) is 34.8 Å². The smallest absolute Gasteiger partial charge is 0.257 e. The summed E-state index contributed by atoms with van der Waals surface area (Å²) in [7, 11) is 0. The number of H-pyrrole nitrogens is 1. The molecule has 1 aliphatic heterocycles. The van der Waals surface area contributed by atoms with Crippen LogP contribution in [0.25, 0.3) is 11.0 Å². The van der Waals surface area contributed by atoms with Crippen LogP contribution >= 0.6 is 0 Å². The first-order valence-electron chi connectivity index (χ1n) is 7.44. The topological polar surface area (TPSA) is 82.2 Å². The summed E-state index contributed by atoms with van der Waals surface area (Å²) in [6, 6.07) is 15.0. The highest BCUT2D eigenvalue weighted by molar-refractivity contribution is 6.05. The van der Waals surface area contributed by atoms with E-state index < -0.39 is 0 Å². The molecule has 6 heteroatoms. The number of amidine groups is 1. The molecule has 2 heterocycles. The number of hydrogen-bond donors (Lipinski definition) is 3. The summed E-state index contributed by atoms with van der Waals surface area (Å²) in [4.78, 5) is 24.1. The molecule has 0 bridgehead atoms. The minimum Gasteiger partial charge on any atom is -0.368 e. The number of carbonyl (C=O) groups excluding carboxylic acids is 1. The number of hydrogen-bond acceptors (Lipinski definition) is 4. The van der Waals surface area contributed by atoms with Crippen molar-refractivity contribution < 1.29 is 4.79 Å². The van der Waals surface area contributed by atoms with Crippen molar-refractivity contribution in [3.05, 3.63) is 59.7 Å². The van der Waals surface area contributed by atoms with Gasteiger partial charge in [-0.1, -0.05) is 24.3 Å². The molecular weight excluding hydrogens is 290 g/mol. The maximum atomic E-state index is 12.3. The summed E-state index contributed by atoms with van der Waals surface area (Å²) in [5.74, 6) is 1.13. The van der Waals surface area contributed by atoms with E-state index in [-0.39, 0.29) is 5.91 Å². The second-order valence-electron chi connectivity index (χ2n) is 5.29. The van der Waals surface area contributed by atoms with Gasteiger partial charge in [0, 0.05) is 17.7 Å². The molecule has 0 saturated carbocycles. The molecule has 23 heavy (non-hydrogen) atoms. The molecule has 114 valence electrons. The number of aromatic amines is 1. The summed E-state index contributed by atoms with van der Waals surface area (Å²) in [5.41, 5.74) is 3.28. The third kappa shape index (κ3) is 2.66. The lowest BCUT2D eigenvalue weighted by Crippen LogP contribution is -2.19. The largest absolute Gasteiger partial charge is 0.368 e. The predicted octanol–water partition coefficient (Wildman–Crippen LogP) is 2.17. The van der Waals surface area contributed by atoms with E-state index in [4.69, 9.17) is 0 Å². The Morgan fingerprint density at radius 2 is 1.91 bits per heavy atom. The van der Waals surface area contributed by atoms with E-state index in [2.05, 4.69) is 25.6 Å². The van der Waals surface area contributed by atoms with Gasteiger partial charge in [-0.3, -0.25) is 15.1 Å². The molecule has 2 aromatic carbocycles. The summed E-state index contributed by atoms with van der Waals surface area (Å²) in [6.45, 7) is 1.66. The van der Waals surface area contributed by atoms with Gasteiger partial charge in [0.25, 0.3) is 5.91 Å². The average Bonchev–Trinajstić information content (AvgIpc) is 3.24. The fourth-order valence-corrected chi connectivity index (χ4v) is 2.56. The number of benzene rings is 2. The number of nitrogens with zero attached hydrogens (tertiary/aromatic N) is 2. The Kier molecular flexibility index (Phi) is 3.27. The van der Waals surface area contributed by atoms with Gasteiger partial charge < -0.3 is 10.3 Å². The van der Waals surface area contributed by atoms with Crippen molar-refractivity contribution in [2.45, 2.75) is 0 Å². The highest BCUT2D eigenvalue weighted by atomic mass is 16.1. The molecule has 4 rings (SSSR count). The van der Waals surface area contributed by atoms with E-state index in [1.807, 2.05) is 36.4 Å². The first kappa shape index (κ1) is 13.5. The SMILES string of the molecule is O=C(Nc1nc2ccccc2[nH]1)c1ccc(C2=NCCN2)cc1. The standard InChI is InChI=1S/C17H15N5O/c23-16(22-17-20-13-3-1-2-4-14(13)21-17)12-7-5-11(6-8-12)15-18-9-10-19-15/h1-8H,9-10H2,(H,18,19)(H2,20,21,22,23). The third-order valence-electron chi connectivity index (χ3n) is 3.72. The molecular formula is C17H15N5O. The zero-order valence-electron chi connectivity index (χ0n) is 12.3. The Morgan fingerprint density at radius 1 is 1.09 bits per heavy atom. The van der Waals surface area contributed by atoms with Crippen molar-refractivity contribution in [3.63, 3.8) is 0 Å². The lowest BCUT2D eigenvalue weighted by atomic mass is 10.1. The van der Waals surface area contributed by atoms with Gasteiger partial charge in [0.1, 0.15) is 5.84 Å². The maximum Gasteiger partial charge on any atom is 0.257 e. The van der Waals surface area contributed by atoms with E-state index in [1.54, 1.807) is 12.1 Å². The van der Waals surface area contributed by atoms with Crippen molar-refractivity contribution in [2.24, 2.45) is 4.99 Å². The van der Waals surface area contributed by atoms with Gasteiger partial charge in [-0.2, -0.15) is 0 Å². The average molecular weight is 305 g/mol. The number of rotatable bonds is 3. The summed E-state index contributed by atoms with van der Waals surface area (Å²) in [5, 5.41) is 6.00. The molecule has 0 radical (unpaired) electrons. The van der Waals surface area contributed by atoms with Gasteiger partial charge in [-0.25, -0.2) is 4.98 Å². The quantitative estimate of drug-likeness (QED) is 0.693. The van der Waals surface area contributed by atoms with Crippen molar-refractivity contribution in [1.29, 1.82) is 0 Å². The predicted molar refractivity (Wildman–Crippen MR) is 89.9 cm³/mol. The van der Waals surface area contributed by atoms with E-state index >= 15 is 0 Å². The number of nitrogens with one attached hydrogen (secondary N) is 3. The number of aromatic nitrogens is 2. The zero-order chi connectivity index (χ0) is 15.6. The minimum absolute atomic E-state index is 0.197. The number of para-hydroxylation sites is 2. The zero-order valence-corrected chi connectivity index (χ0v) is 12.3. The molecule has 0 aliphatic carbocycles. The Labute approximate surface area is 132 Å². The molecule has 3 aromatic rings. The van der Waals surface area contributed by atoms with E-state index in [9.17, 15) is 4.79 Å². The number of aliphatic imine (C=N–C) groups is 1. The Morgan fingerprint density at radius 3 is 2.65 bits per heavy atom. The van der Waals surface area contributed by atoms with Gasteiger partial charge in [0.15, 0.2) is 0 Å². The third-order valence-corrected chi connectivity index (χ3v) is 3.72. The number of carbonyl (C=O) groups is 1. The lowest BCUT2D eigenvalue weighted by molar-refractivity contribution is 0.102. The second-order valence-corrected chi connectivity index (χ2v) is 5.29. The molecule has 1 amide bonds. The van der Waals surface area contributed by atoms with Crippen LogP contribution in [0.3, 0.4) is 0 Å². The highest BCUT2D eigenvalue weighted by Gasteiger charge is 2.11. The lowest BCUT2D eigenvalue weighted by Gasteiger charge is -2.05. The highest BCUT2D eigenvalue weighted by Crippen LogP contribution is 2.14. The van der Waals surface area contributed by atoms with Crippen LogP contribution in [0.1, 0.15) is 15.9 Å². The molecule has 3 N–H and O–H groups in total. The van der Waals surface area contributed by atoms with Gasteiger partial charge >= 0.3 is 0 Å². The van der Waals surface area contributed by atoms with Crippen LogP contribution in [0, 0.1) is 0 Å². The Hall–Kier alpha value is -3.15.